The molecule has 2 aromatic rings. The smallest absolute Gasteiger partial charge is 0.0453 e. The Hall–Kier alpha value is -1.80. The average molecular weight is 240 g/mol. The molecule has 0 aliphatic carbocycles. The Bertz CT molecular complexity index is 479. The summed E-state index contributed by atoms with van der Waals surface area (Å²) in [6.07, 6.45) is 0. The van der Waals surface area contributed by atoms with E-state index < -0.39 is 0 Å². The fourth-order valence-corrected chi connectivity index (χ4v) is 2.04. The van der Waals surface area contributed by atoms with Crippen LogP contribution in [0.25, 0.3) is 0 Å². The van der Waals surface area contributed by atoms with Crippen molar-refractivity contribution in [3.8, 4) is 0 Å². The first kappa shape index (κ1) is 12.7. The Morgan fingerprint density at radius 1 is 0.944 bits per heavy atom. The molecule has 0 spiro atoms. The van der Waals surface area contributed by atoms with E-state index in [1.807, 2.05) is 6.07 Å². The Balaban J connectivity index is 2.27. The van der Waals surface area contributed by atoms with Crippen LogP contribution in [0, 0.1) is 0 Å². The number of rotatable bonds is 5. The Labute approximate surface area is 109 Å². The van der Waals surface area contributed by atoms with Gasteiger partial charge in [-0.05, 0) is 30.3 Å². The lowest BCUT2D eigenvalue weighted by Crippen LogP contribution is -2.17. The van der Waals surface area contributed by atoms with Crippen molar-refractivity contribution >= 4 is 11.4 Å². The Morgan fingerprint density at radius 2 is 1.61 bits per heavy atom. The highest BCUT2D eigenvalue weighted by Gasteiger charge is 2.07. The molecule has 18 heavy (non-hydrogen) atoms. The third-order valence-corrected chi connectivity index (χ3v) is 3.06. The zero-order valence-electron chi connectivity index (χ0n) is 11.1. The molecule has 0 heterocycles. The molecule has 0 unspecified atom stereocenters. The van der Waals surface area contributed by atoms with Crippen molar-refractivity contribution in [2.75, 3.05) is 18.5 Å². The zero-order chi connectivity index (χ0) is 12.8. The first-order valence-corrected chi connectivity index (χ1v) is 6.40. The van der Waals surface area contributed by atoms with Crippen molar-refractivity contribution in [1.29, 1.82) is 0 Å². The molecule has 94 valence electrons. The van der Waals surface area contributed by atoms with Crippen LogP contribution in [0.4, 0.5) is 11.4 Å². The lowest BCUT2D eigenvalue weighted by atomic mass is 10.1. The summed E-state index contributed by atoms with van der Waals surface area (Å²) >= 11 is 0. The summed E-state index contributed by atoms with van der Waals surface area (Å²) in [7, 11) is 2.11. The minimum absolute atomic E-state index is 0.907. The van der Waals surface area contributed by atoms with Crippen molar-refractivity contribution in [3.63, 3.8) is 0 Å². The predicted molar refractivity (Wildman–Crippen MR) is 78.3 cm³/mol. The molecule has 0 aromatic heterocycles. The number of para-hydroxylation sites is 2. The van der Waals surface area contributed by atoms with Gasteiger partial charge in [0.15, 0.2) is 0 Å². The van der Waals surface area contributed by atoms with E-state index in [9.17, 15) is 0 Å². The molecule has 0 saturated heterocycles. The normalized spacial score (nSPS) is 10.3. The van der Waals surface area contributed by atoms with E-state index in [-0.39, 0.29) is 0 Å². The maximum atomic E-state index is 3.38. The molecule has 2 rings (SSSR count). The van der Waals surface area contributed by atoms with E-state index in [2.05, 4.69) is 72.7 Å². The van der Waals surface area contributed by atoms with Gasteiger partial charge in [0.1, 0.15) is 0 Å². The number of anilines is 2. The third-order valence-electron chi connectivity index (χ3n) is 3.06. The third kappa shape index (κ3) is 2.90. The highest BCUT2D eigenvalue weighted by atomic mass is 15.1. The fraction of sp³-hybridized carbons (Fsp3) is 0.250. The van der Waals surface area contributed by atoms with Crippen molar-refractivity contribution in [2.24, 2.45) is 0 Å². The van der Waals surface area contributed by atoms with Gasteiger partial charge in [0.2, 0.25) is 0 Å². The highest BCUT2D eigenvalue weighted by molar-refractivity contribution is 5.65. The van der Waals surface area contributed by atoms with Crippen LogP contribution < -0.4 is 10.2 Å². The van der Waals surface area contributed by atoms with Crippen LogP contribution in [-0.2, 0) is 6.54 Å². The van der Waals surface area contributed by atoms with Gasteiger partial charge in [0.05, 0.1) is 0 Å². The highest BCUT2D eigenvalue weighted by Crippen LogP contribution is 2.26. The van der Waals surface area contributed by atoms with E-state index in [1.54, 1.807) is 0 Å². The van der Waals surface area contributed by atoms with Crippen LogP contribution in [0.3, 0.4) is 0 Å². The first-order chi connectivity index (χ1) is 8.83. The van der Waals surface area contributed by atoms with Gasteiger partial charge in [0, 0.05) is 25.0 Å². The van der Waals surface area contributed by atoms with E-state index in [0.29, 0.717) is 0 Å². The second-order valence-electron chi connectivity index (χ2n) is 4.30. The first-order valence-electron chi connectivity index (χ1n) is 6.40. The monoisotopic (exact) mass is 240 g/mol. The van der Waals surface area contributed by atoms with Crippen LogP contribution in [0.15, 0.2) is 54.6 Å². The number of nitrogens with one attached hydrogen (secondary N) is 1. The molecule has 0 amide bonds. The molecular formula is C16H20N2. The standard InChI is InChI=1S/C16H20N2/c1-3-17-13-14-9-7-8-12-16(14)18(2)15-10-5-4-6-11-15/h4-12,17H,3,13H2,1-2H3. The molecule has 0 radical (unpaired) electrons. The molecule has 0 fully saturated rings. The van der Waals surface area contributed by atoms with Crippen molar-refractivity contribution in [2.45, 2.75) is 13.5 Å². The van der Waals surface area contributed by atoms with Crippen LogP contribution in [0.1, 0.15) is 12.5 Å². The van der Waals surface area contributed by atoms with Crippen LogP contribution in [0.5, 0.6) is 0 Å². The summed E-state index contributed by atoms with van der Waals surface area (Å²) in [4.78, 5) is 2.23. The quantitative estimate of drug-likeness (QED) is 0.859. The van der Waals surface area contributed by atoms with Crippen LogP contribution >= 0.6 is 0 Å². The van der Waals surface area contributed by atoms with Gasteiger partial charge in [-0.1, -0.05) is 43.3 Å². The van der Waals surface area contributed by atoms with Crippen molar-refractivity contribution < 1.29 is 0 Å². The van der Waals surface area contributed by atoms with E-state index in [0.717, 1.165) is 13.1 Å². The van der Waals surface area contributed by atoms with Gasteiger partial charge in [-0.3, -0.25) is 0 Å². The largest absolute Gasteiger partial charge is 0.344 e. The Morgan fingerprint density at radius 3 is 2.33 bits per heavy atom. The SMILES string of the molecule is CCNCc1ccccc1N(C)c1ccccc1. The molecule has 1 N–H and O–H groups in total. The summed E-state index contributed by atoms with van der Waals surface area (Å²) in [6, 6.07) is 19.0. The summed E-state index contributed by atoms with van der Waals surface area (Å²) in [5.41, 5.74) is 3.79. The molecular weight excluding hydrogens is 220 g/mol. The topological polar surface area (TPSA) is 15.3 Å². The van der Waals surface area contributed by atoms with Crippen molar-refractivity contribution in [1.82, 2.24) is 5.32 Å². The summed E-state index contributed by atoms with van der Waals surface area (Å²) < 4.78 is 0. The van der Waals surface area contributed by atoms with Crippen LogP contribution in [-0.4, -0.2) is 13.6 Å². The second kappa shape index (κ2) is 6.22. The Kier molecular flexibility index (Phi) is 4.37. The lowest BCUT2D eigenvalue weighted by molar-refractivity contribution is 0.726. The summed E-state index contributed by atoms with van der Waals surface area (Å²) in [5, 5.41) is 3.38. The maximum Gasteiger partial charge on any atom is 0.0453 e. The molecule has 2 heteroatoms. The van der Waals surface area contributed by atoms with E-state index in [4.69, 9.17) is 0 Å². The van der Waals surface area contributed by atoms with Gasteiger partial charge < -0.3 is 10.2 Å². The fourth-order valence-electron chi connectivity index (χ4n) is 2.04. The van der Waals surface area contributed by atoms with E-state index >= 15 is 0 Å². The second-order valence-corrected chi connectivity index (χ2v) is 4.30. The number of benzene rings is 2. The van der Waals surface area contributed by atoms with Gasteiger partial charge in [-0.25, -0.2) is 0 Å². The summed E-state index contributed by atoms with van der Waals surface area (Å²) in [6.45, 7) is 4.02. The van der Waals surface area contributed by atoms with Gasteiger partial charge in [-0.15, -0.1) is 0 Å². The maximum absolute atomic E-state index is 3.38. The van der Waals surface area contributed by atoms with Gasteiger partial charge in [-0.2, -0.15) is 0 Å². The zero-order valence-corrected chi connectivity index (χ0v) is 11.1. The van der Waals surface area contributed by atoms with Gasteiger partial charge in [0.25, 0.3) is 0 Å². The number of hydrogen-bond acceptors (Lipinski definition) is 2. The number of hydrogen-bond donors (Lipinski definition) is 1. The van der Waals surface area contributed by atoms with Crippen LogP contribution in [0.2, 0.25) is 0 Å². The molecule has 2 nitrogen and oxygen atoms in total. The minimum atomic E-state index is 0.907. The van der Waals surface area contributed by atoms with E-state index in [1.165, 1.54) is 16.9 Å². The minimum Gasteiger partial charge on any atom is -0.344 e. The molecule has 0 bridgehead atoms. The van der Waals surface area contributed by atoms with Gasteiger partial charge >= 0.3 is 0 Å². The predicted octanol–water partition coefficient (Wildman–Crippen LogP) is 3.56. The average Bonchev–Trinajstić information content (AvgIpc) is 2.45. The number of nitrogens with zero attached hydrogens (tertiary/aromatic N) is 1. The molecule has 0 atom stereocenters. The van der Waals surface area contributed by atoms with Crippen molar-refractivity contribution in [3.05, 3.63) is 60.2 Å². The molecule has 0 saturated carbocycles. The molecule has 2 aromatic carbocycles. The summed E-state index contributed by atoms with van der Waals surface area (Å²) in [5.74, 6) is 0. The molecule has 0 aliphatic rings. The lowest BCUT2D eigenvalue weighted by Gasteiger charge is -2.22. The molecule has 0 aliphatic heterocycles.